The molecule has 0 radical (unpaired) electrons. The van der Waals surface area contributed by atoms with Crippen LogP contribution in [0.25, 0.3) is 0 Å². The smallest absolute Gasteiger partial charge is 0.255 e. The van der Waals surface area contributed by atoms with E-state index < -0.39 is 0 Å². The highest BCUT2D eigenvalue weighted by molar-refractivity contribution is 6.07. The van der Waals surface area contributed by atoms with Gasteiger partial charge in [-0.3, -0.25) is 9.59 Å². The van der Waals surface area contributed by atoms with Crippen molar-refractivity contribution in [2.45, 2.75) is 0 Å². The summed E-state index contributed by atoms with van der Waals surface area (Å²) in [4.78, 5) is 23.1. The van der Waals surface area contributed by atoms with Crippen molar-refractivity contribution in [2.24, 2.45) is 0 Å². The van der Waals surface area contributed by atoms with E-state index in [4.69, 9.17) is 4.74 Å². The zero-order chi connectivity index (χ0) is 13.7. The lowest BCUT2D eigenvalue weighted by molar-refractivity contribution is 0.102. The van der Waals surface area contributed by atoms with Crippen LogP contribution in [0.15, 0.2) is 48.5 Å². The Morgan fingerprint density at radius 1 is 1.11 bits per heavy atom. The second kappa shape index (κ2) is 5.82. The van der Waals surface area contributed by atoms with Crippen molar-refractivity contribution >= 4 is 17.9 Å². The summed E-state index contributed by atoms with van der Waals surface area (Å²) in [5.41, 5.74) is 1.28. The fraction of sp³-hybridized carbons (Fsp3) is 0.0667. The monoisotopic (exact) mass is 255 g/mol. The molecule has 2 aromatic rings. The number of aldehydes is 1. The number of benzene rings is 2. The number of hydrogen-bond acceptors (Lipinski definition) is 3. The number of amides is 1. The first-order chi connectivity index (χ1) is 9.26. The third-order valence-electron chi connectivity index (χ3n) is 2.68. The summed E-state index contributed by atoms with van der Waals surface area (Å²) in [5.74, 6) is 0.169. The van der Waals surface area contributed by atoms with Crippen LogP contribution in [0, 0.1) is 0 Å². The summed E-state index contributed by atoms with van der Waals surface area (Å²) in [6, 6.07) is 13.8. The van der Waals surface area contributed by atoms with E-state index in [2.05, 4.69) is 5.32 Å². The van der Waals surface area contributed by atoms with Gasteiger partial charge in [0.25, 0.3) is 5.91 Å². The largest absolute Gasteiger partial charge is 0.495 e. The van der Waals surface area contributed by atoms with Gasteiger partial charge in [0.05, 0.1) is 12.8 Å². The van der Waals surface area contributed by atoms with Gasteiger partial charge >= 0.3 is 0 Å². The number of methoxy groups -OCH3 is 1. The zero-order valence-electron chi connectivity index (χ0n) is 10.4. The van der Waals surface area contributed by atoms with Gasteiger partial charge in [-0.15, -0.1) is 0 Å². The van der Waals surface area contributed by atoms with Crippen LogP contribution in [-0.2, 0) is 0 Å². The molecule has 2 rings (SSSR count). The fourth-order valence-corrected chi connectivity index (χ4v) is 1.73. The maximum atomic E-state index is 12.1. The van der Waals surface area contributed by atoms with Crippen molar-refractivity contribution in [3.05, 3.63) is 59.7 Å². The normalized spacial score (nSPS) is 9.74. The van der Waals surface area contributed by atoms with E-state index in [9.17, 15) is 9.59 Å². The molecule has 0 atom stereocenters. The van der Waals surface area contributed by atoms with Crippen LogP contribution in [0.5, 0.6) is 5.75 Å². The van der Waals surface area contributed by atoms with Crippen LogP contribution in [0.3, 0.4) is 0 Å². The lowest BCUT2D eigenvalue weighted by Gasteiger charge is -2.12. The Labute approximate surface area is 111 Å². The van der Waals surface area contributed by atoms with Crippen molar-refractivity contribution in [2.75, 3.05) is 12.4 Å². The molecule has 0 unspecified atom stereocenters. The molecule has 0 saturated carbocycles. The molecule has 0 aliphatic rings. The molecule has 4 nitrogen and oxygen atoms in total. The minimum absolute atomic E-state index is 0.284. The van der Waals surface area contributed by atoms with E-state index in [0.717, 1.165) is 0 Å². The van der Waals surface area contributed by atoms with Crippen LogP contribution in [0.4, 0.5) is 5.69 Å². The van der Waals surface area contributed by atoms with Gasteiger partial charge in [0.15, 0.2) is 6.29 Å². The molecule has 4 heteroatoms. The first kappa shape index (κ1) is 12.8. The topological polar surface area (TPSA) is 55.4 Å². The van der Waals surface area contributed by atoms with Crippen molar-refractivity contribution in [1.82, 2.24) is 0 Å². The molecule has 0 heterocycles. The van der Waals surface area contributed by atoms with Crippen LogP contribution in [0.1, 0.15) is 20.7 Å². The Morgan fingerprint density at radius 2 is 1.84 bits per heavy atom. The van der Waals surface area contributed by atoms with Crippen molar-refractivity contribution in [3.63, 3.8) is 0 Å². The summed E-state index contributed by atoms with van der Waals surface area (Å²) in [6.07, 6.45) is 0.684. The average molecular weight is 255 g/mol. The minimum atomic E-state index is -0.284. The third kappa shape index (κ3) is 2.80. The predicted octanol–water partition coefficient (Wildman–Crippen LogP) is 2.76. The Kier molecular flexibility index (Phi) is 3.93. The quantitative estimate of drug-likeness (QED) is 0.855. The molecule has 96 valence electrons. The molecule has 1 amide bonds. The standard InChI is InChI=1S/C15H13NO3/c1-19-13-9-5-8-12(10-17)14(13)16-15(18)11-6-3-2-4-7-11/h2-10H,1H3,(H,16,18). The molecular weight excluding hydrogens is 242 g/mol. The zero-order valence-corrected chi connectivity index (χ0v) is 10.4. The van der Waals surface area contributed by atoms with Gasteiger partial charge in [-0.05, 0) is 24.3 Å². The van der Waals surface area contributed by atoms with E-state index in [1.54, 1.807) is 42.5 Å². The minimum Gasteiger partial charge on any atom is -0.495 e. The molecule has 0 fully saturated rings. The molecule has 0 aromatic heterocycles. The predicted molar refractivity (Wildman–Crippen MR) is 72.8 cm³/mol. The molecule has 0 aliphatic carbocycles. The van der Waals surface area contributed by atoms with Crippen molar-refractivity contribution in [1.29, 1.82) is 0 Å². The number of rotatable bonds is 4. The van der Waals surface area contributed by atoms with Crippen LogP contribution in [-0.4, -0.2) is 19.3 Å². The number of carbonyl (C=O) groups excluding carboxylic acids is 2. The van der Waals surface area contributed by atoms with Gasteiger partial charge in [0.2, 0.25) is 0 Å². The maximum Gasteiger partial charge on any atom is 0.255 e. The summed E-state index contributed by atoms with van der Waals surface area (Å²) >= 11 is 0. The molecular formula is C15H13NO3. The van der Waals surface area contributed by atoms with Gasteiger partial charge in [-0.25, -0.2) is 0 Å². The first-order valence-corrected chi connectivity index (χ1v) is 5.75. The van der Waals surface area contributed by atoms with E-state index in [-0.39, 0.29) is 5.91 Å². The number of para-hydroxylation sites is 1. The van der Waals surface area contributed by atoms with Gasteiger partial charge in [-0.1, -0.05) is 24.3 Å². The molecule has 0 saturated heterocycles. The SMILES string of the molecule is COc1cccc(C=O)c1NC(=O)c1ccccc1. The molecule has 0 aliphatic heterocycles. The lowest BCUT2D eigenvalue weighted by Crippen LogP contribution is -2.14. The number of anilines is 1. The Hall–Kier alpha value is -2.62. The van der Waals surface area contributed by atoms with Crippen LogP contribution < -0.4 is 10.1 Å². The molecule has 2 aromatic carbocycles. The lowest BCUT2D eigenvalue weighted by atomic mass is 10.1. The number of carbonyl (C=O) groups is 2. The summed E-state index contributed by atoms with van der Waals surface area (Å²) in [6.45, 7) is 0. The number of hydrogen-bond donors (Lipinski definition) is 1. The number of ether oxygens (including phenoxy) is 1. The summed E-state index contributed by atoms with van der Waals surface area (Å²) in [7, 11) is 1.49. The summed E-state index contributed by atoms with van der Waals surface area (Å²) in [5, 5.41) is 2.70. The maximum absolute atomic E-state index is 12.1. The first-order valence-electron chi connectivity index (χ1n) is 5.75. The Morgan fingerprint density at radius 3 is 2.47 bits per heavy atom. The van der Waals surface area contributed by atoms with Gasteiger partial charge < -0.3 is 10.1 Å². The van der Waals surface area contributed by atoms with Crippen molar-refractivity contribution < 1.29 is 14.3 Å². The Bertz CT molecular complexity index is 594. The van der Waals surface area contributed by atoms with Gasteiger partial charge in [0, 0.05) is 11.1 Å². The second-order valence-corrected chi connectivity index (χ2v) is 3.86. The highest BCUT2D eigenvalue weighted by atomic mass is 16.5. The van der Waals surface area contributed by atoms with E-state index >= 15 is 0 Å². The van der Waals surface area contributed by atoms with Crippen LogP contribution in [0.2, 0.25) is 0 Å². The van der Waals surface area contributed by atoms with E-state index in [0.29, 0.717) is 28.8 Å². The molecule has 1 N–H and O–H groups in total. The highest BCUT2D eigenvalue weighted by Crippen LogP contribution is 2.27. The Balaban J connectivity index is 2.33. The second-order valence-electron chi connectivity index (χ2n) is 3.86. The van der Waals surface area contributed by atoms with Gasteiger partial charge in [-0.2, -0.15) is 0 Å². The summed E-state index contributed by atoms with van der Waals surface area (Å²) < 4.78 is 5.15. The molecule has 0 bridgehead atoms. The molecule has 0 spiro atoms. The molecule has 19 heavy (non-hydrogen) atoms. The van der Waals surface area contributed by atoms with E-state index in [1.165, 1.54) is 7.11 Å². The fourth-order valence-electron chi connectivity index (χ4n) is 1.73. The van der Waals surface area contributed by atoms with E-state index in [1.807, 2.05) is 6.07 Å². The average Bonchev–Trinajstić information content (AvgIpc) is 2.48. The van der Waals surface area contributed by atoms with Crippen molar-refractivity contribution in [3.8, 4) is 5.75 Å². The third-order valence-corrected chi connectivity index (χ3v) is 2.68. The van der Waals surface area contributed by atoms with Gasteiger partial charge in [0.1, 0.15) is 5.75 Å². The highest BCUT2D eigenvalue weighted by Gasteiger charge is 2.12. The van der Waals surface area contributed by atoms with Crippen LogP contribution >= 0.6 is 0 Å². The number of nitrogens with one attached hydrogen (secondary N) is 1.